The summed E-state index contributed by atoms with van der Waals surface area (Å²) in [7, 11) is 0. The number of aryl methyl sites for hydroxylation is 1. The van der Waals surface area contributed by atoms with Crippen molar-refractivity contribution in [3.63, 3.8) is 0 Å². The number of aromatic nitrogens is 1. The van der Waals surface area contributed by atoms with E-state index in [0.717, 1.165) is 17.0 Å². The van der Waals surface area contributed by atoms with Crippen LogP contribution in [-0.2, 0) is 22.6 Å². The Hall–Kier alpha value is -2.60. The fourth-order valence-electron chi connectivity index (χ4n) is 2.25. The molecule has 1 aromatic carbocycles. The average Bonchev–Trinajstić information content (AvgIpc) is 2.55. The summed E-state index contributed by atoms with van der Waals surface area (Å²) in [5, 5.41) is 4.44. The Balaban J connectivity index is 1.90. The number of hydrogen-bond donors (Lipinski definition) is 1. The first-order chi connectivity index (χ1) is 12.0. The number of hydrogen-bond acceptors (Lipinski definition) is 5. The van der Waals surface area contributed by atoms with Gasteiger partial charge in [0.1, 0.15) is 6.10 Å². The van der Waals surface area contributed by atoms with Crippen LogP contribution in [0.1, 0.15) is 35.5 Å². The van der Waals surface area contributed by atoms with E-state index in [1.807, 2.05) is 37.3 Å². The number of oxime groups is 1. The van der Waals surface area contributed by atoms with Gasteiger partial charge < -0.3 is 15.3 Å². The van der Waals surface area contributed by atoms with Gasteiger partial charge in [-0.2, -0.15) is 0 Å². The molecular weight excluding hydrogens is 342 g/mol. The molecule has 0 aliphatic heterocycles. The number of carbonyl (C=O) groups excluding carboxylic acids is 1. The molecule has 0 bridgehead atoms. The number of nitrogens with zero attached hydrogens (tertiary/aromatic N) is 2. The van der Waals surface area contributed by atoms with E-state index < -0.39 is 12.2 Å². The molecule has 132 valence electrons. The van der Waals surface area contributed by atoms with Crippen LogP contribution in [0.3, 0.4) is 0 Å². The highest BCUT2D eigenvalue weighted by Gasteiger charge is 2.13. The number of halogens is 1. The van der Waals surface area contributed by atoms with Gasteiger partial charge in [-0.3, -0.25) is 4.98 Å². The first kappa shape index (κ1) is 18.7. The Morgan fingerprint density at radius 2 is 2.20 bits per heavy atom. The molecule has 2 aromatic rings. The van der Waals surface area contributed by atoms with Crippen molar-refractivity contribution in [1.82, 2.24) is 4.98 Å². The molecular formula is C18H20ClN3O3. The second kappa shape index (κ2) is 9.03. The molecule has 6 nitrogen and oxygen atoms in total. The third-order valence-corrected chi connectivity index (χ3v) is 3.77. The van der Waals surface area contributed by atoms with Crippen LogP contribution in [-0.4, -0.2) is 17.3 Å². The van der Waals surface area contributed by atoms with Gasteiger partial charge in [-0.15, -0.1) is 0 Å². The molecule has 0 aliphatic rings. The molecule has 0 saturated heterocycles. The van der Waals surface area contributed by atoms with Crippen LogP contribution in [0.5, 0.6) is 0 Å². The van der Waals surface area contributed by atoms with Gasteiger partial charge in [0.15, 0.2) is 6.61 Å². The second-order valence-corrected chi connectivity index (χ2v) is 5.88. The average molecular weight is 362 g/mol. The second-order valence-electron chi connectivity index (χ2n) is 5.47. The minimum atomic E-state index is -0.839. The number of nitrogens with two attached hydrogens (primary N) is 1. The van der Waals surface area contributed by atoms with Gasteiger partial charge in [0, 0.05) is 28.9 Å². The lowest BCUT2D eigenvalue weighted by Gasteiger charge is -2.14. The van der Waals surface area contributed by atoms with Crippen LogP contribution in [0, 0.1) is 6.92 Å². The van der Waals surface area contributed by atoms with E-state index in [9.17, 15) is 4.79 Å². The van der Waals surface area contributed by atoms with E-state index in [0.29, 0.717) is 23.6 Å². The van der Waals surface area contributed by atoms with Crippen molar-refractivity contribution < 1.29 is 14.4 Å². The SMILES string of the molecule is Cc1cccc(CON=CCc2ccc(Cl)c(C(C)OC(N)=O)c2)n1. The number of carbonyl (C=O) groups is 1. The minimum Gasteiger partial charge on any atom is -0.442 e. The largest absolute Gasteiger partial charge is 0.442 e. The topological polar surface area (TPSA) is 86.8 Å². The summed E-state index contributed by atoms with van der Waals surface area (Å²) in [6.45, 7) is 3.95. The van der Waals surface area contributed by atoms with Gasteiger partial charge in [0.25, 0.3) is 0 Å². The molecule has 1 atom stereocenters. The standard InChI is InChI=1S/C18H20ClN3O3/c1-12-4-3-5-15(22-12)11-24-21-9-8-14-6-7-17(19)16(10-14)13(2)25-18(20)23/h3-7,9-10,13H,8,11H2,1-2H3,(H2,20,23). The van der Waals surface area contributed by atoms with E-state index in [1.54, 1.807) is 19.2 Å². The molecule has 1 aromatic heterocycles. The van der Waals surface area contributed by atoms with Gasteiger partial charge in [0.2, 0.25) is 0 Å². The zero-order chi connectivity index (χ0) is 18.2. The molecule has 0 spiro atoms. The lowest BCUT2D eigenvalue weighted by molar-refractivity contribution is 0.116. The van der Waals surface area contributed by atoms with Crippen LogP contribution >= 0.6 is 11.6 Å². The summed E-state index contributed by atoms with van der Waals surface area (Å²) >= 11 is 6.14. The Morgan fingerprint density at radius 1 is 1.40 bits per heavy atom. The molecule has 0 aliphatic carbocycles. The third-order valence-electron chi connectivity index (χ3n) is 3.43. The molecule has 0 saturated carbocycles. The third kappa shape index (κ3) is 6.08. The van der Waals surface area contributed by atoms with Crippen LogP contribution < -0.4 is 5.73 Å². The zero-order valence-electron chi connectivity index (χ0n) is 14.1. The Morgan fingerprint density at radius 3 is 2.92 bits per heavy atom. The number of benzene rings is 1. The van der Waals surface area contributed by atoms with Crippen LogP contribution in [0.15, 0.2) is 41.6 Å². The number of ether oxygens (including phenoxy) is 1. The Bertz CT molecular complexity index is 765. The van der Waals surface area contributed by atoms with Crippen molar-refractivity contribution >= 4 is 23.9 Å². The maximum Gasteiger partial charge on any atom is 0.405 e. The monoisotopic (exact) mass is 361 g/mol. The Kier molecular flexibility index (Phi) is 6.77. The first-order valence-electron chi connectivity index (χ1n) is 7.76. The van der Waals surface area contributed by atoms with Crippen molar-refractivity contribution in [2.45, 2.75) is 33.0 Å². The molecule has 2 rings (SSSR count). The fraction of sp³-hybridized carbons (Fsp3) is 0.278. The molecule has 2 N–H and O–H groups in total. The lowest BCUT2D eigenvalue weighted by atomic mass is 10.1. The summed E-state index contributed by atoms with van der Waals surface area (Å²) in [6.07, 6.45) is 0.844. The van der Waals surface area contributed by atoms with Crippen molar-refractivity contribution in [1.29, 1.82) is 0 Å². The summed E-state index contributed by atoms with van der Waals surface area (Å²) in [6, 6.07) is 11.2. The summed E-state index contributed by atoms with van der Waals surface area (Å²) in [5.41, 5.74) is 8.45. The maximum atomic E-state index is 10.9. The zero-order valence-corrected chi connectivity index (χ0v) is 14.9. The van der Waals surface area contributed by atoms with E-state index in [-0.39, 0.29) is 0 Å². The normalized spacial score (nSPS) is 12.1. The van der Waals surface area contributed by atoms with Gasteiger partial charge in [-0.1, -0.05) is 35.0 Å². The van der Waals surface area contributed by atoms with Crippen molar-refractivity contribution in [3.8, 4) is 0 Å². The van der Waals surface area contributed by atoms with E-state index in [4.69, 9.17) is 26.9 Å². The highest BCUT2D eigenvalue weighted by Crippen LogP contribution is 2.26. The summed E-state index contributed by atoms with van der Waals surface area (Å²) in [4.78, 5) is 20.4. The van der Waals surface area contributed by atoms with Crippen LogP contribution in [0.4, 0.5) is 4.79 Å². The molecule has 7 heteroatoms. The maximum absolute atomic E-state index is 10.9. The van der Waals surface area contributed by atoms with Crippen LogP contribution in [0.2, 0.25) is 5.02 Å². The van der Waals surface area contributed by atoms with E-state index >= 15 is 0 Å². The van der Waals surface area contributed by atoms with Gasteiger partial charge >= 0.3 is 6.09 Å². The molecule has 1 amide bonds. The first-order valence-corrected chi connectivity index (χ1v) is 8.14. The molecule has 1 heterocycles. The fourth-order valence-corrected chi connectivity index (χ4v) is 2.52. The molecule has 0 fully saturated rings. The summed E-state index contributed by atoms with van der Waals surface area (Å²) in [5.74, 6) is 0. The smallest absolute Gasteiger partial charge is 0.405 e. The summed E-state index contributed by atoms with van der Waals surface area (Å²) < 4.78 is 4.96. The predicted molar refractivity (Wildman–Crippen MR) is 96.5 cm³/mol. The van der Waals surface area contributed by atoms with Gasteiger partial charge in [0.05, 0.1) is 5.69 Å². The van der Waals surface area contributed by atoms with E-state index in [1.165, 1.54) is 0 Å². The molecule has 0 radical (unpaired) electrons. The number of pyridine rings is 1. The predicted octanol–water partition coefficient (Wildman–Crippen LogP) is 3.94. The highest BCUT2D eigenvalue weighted by molar-refractivity contribution is 6.31. The molecule has 25 heavy (non-hydrogen) atoms. The van der Waals surface area contributed by atoms with Crippen molar-refractivity contribution in [2.75, 3.05) is 0 Å². The quantitative estimate of drug-likeness (QED) is 0.597. The van der Waals surface area contributed by atoms with Gasteiger partial charge in [-0.25, -0.2) is 4.79 Å². The highest BCUT2D eigenvalue weighted by atomic mass is 35.5. The number of amides is 1. The van der Waals surface area contributed by atoms with Crippen molar-refractivity contribution in [2.24, 2.45) is 10.9 Å². The minimum absolute atomic E-state index is 0.313. The lowest BCUT2D eigenvalue weighted by Crippen LogP contribution is -2.16. The van der Waals surface area contributed by atoms with E-state index in [2.05, 4.69) is 10.1 Å². The van der Waals surface area contributed by atoms with Crippen molar-refractivity contribution in [3.05, 3.63) is 63.9 Å². The van der Waals surface area contributed by atoms with Crippen LogP contribution in [0.25, 0.3) is 0 Å². The number of primary amides is 1. The molecule has 1 unspecified atom stereocenters. The number of rotatable bonds is 7. The van der Waals surface area contributed by atoms with Gasteiger partial charge in [-0.05, 0) is 37.6 Å². The Labute approximate surface area is 151 Å².